The van der Waals surface area contributed by atoms with Crippen LogP contribution in [-0.2, 0) is 9.84 Å². The van der Waals surface area contributed by atoms with Crippen LogP contribution in [0.15, 0.2) is 29.3 Å². The highest BCUT2D eigenvalue weighted by Gasteiger charge is 2.42. The number of para-hydroxylation sites is 1. The molecule has 0 amide bonds. The van der Waals surface area contributed by atoms with Crippen molar-refractivity contribution in [2.24, 2.45) is 4.99 Å². The maximum atomic E-state index is 11.4. The van der Waals surface area contributed by atoms with E-state index in [1.54, 1.807) is 6.07 Å². The maximum Gasteiger partial charge on any atom is 0.161 e. The van der Waals surface area contributed by atoms with Crippen molar-refractivity contribution in [2.75, 3.05) is 16.8 Å². The van der Waals surface area contributed by atoms with Crippen molar-refractivity contribution in [3.8, 4) is 0 Å². The Labute approximate surface area is 115 Å². The average Bonchev–Trinajstić information content (AvgIpc) is 2.74. The third kappa shape index (κ3) is 2.37. The molecule has 18 heavy (non-hydrogen) atoms. The highest BCUT2D eigenvalue weighted by molar-refractivity contribution is 8.15. The van der Waals surface area contributed by atoms with Crippen LogP contribution >= 0.6 is 23.4 Å². The molecule has 1 N–H and O–H groups in total. The van der Waals surface area contributed by atoms with Crippen molar-refractivity contribution < 1.29 is 8.42 Å². The second kappa shape index (κ2) is 4.43. The number of nitrogens with zero attached hydrogens (tertiary/aromatic N) is 1. The van der Waals surface area contributed by atoms with Crippen molar-refractivity contribution >= 4 is 44.1 Å². The third-order valence-electron chi connectivity index (χ3n) is 2.93. The fourth-order valence-corrected chi connectivity index (χ4v) is 5.94. The molecule has 0 unspecified atom stereocenters. The van der Waals surface area contributed by atoms with Gasteiger partial charge in [-0.25, -0.2) is 8.42 Å². The van der Waals surface area contributed by atoms with Crippen LogP contribution in [0, 0.1) is 0 Å². The molecular weight excluding hydrogens is 292 g/mol. The lowest BCUT2D eigenvalue weighted by atomic mass is 10.3. The van der Waals surface area contributed by atoms with E-state index in [9.17, 15) is 8.42 Å². The Kier molecular flexibility index (Phi) is 3.03. The van der Waals surface area contributed by atoms with Crippen molar-refractivity contribution in [2.45, 2.75) is 11.3 Å². The maximum absolute atomic E-state index is 11.4. The minimum Gasteiger partial charge on any atom is -0.334 e. The molecule has 1 aromatic carbocycles. The molecule has 0 spiro atoms. The Morgan fingerprint density at radius 2 is 2.11 bits per heavy atom. The predicted molar refractivity (Wildman–Crippen MR) is 76.3 cm³/mol. The molecule has 96 valence electrons. The zero-order valence-electron chi connectivity index (χ0n) is 9.34. The van der Waals surface area contributed by atoms with Gasteiger partial charge in [0.05, 0.1) is 28.3 Å². The molecule has 7 heteroatoms. The van der Waals surface area contributed by atoms with Crippen LogP contribution in [0.4, 0.5) is 5.69 Å². The number of rotatable bonds is 1. The Morgan fingerprint density at radius 1 is 1.33 bits per heavy atom. The van der Waals surface area contributed by atoms with Crippen LogP contribution < -0.4 is 5.32 Å². The van der Waals surface area contributed by atoms with Crippen LogP contribution in [0.1, 0.15) is 0 Å². The molecule has 1 aromatic rings. The number of benzene rings is 1. The van der Waals surface area contributed by atoms with E-state index in [2.05, 4.69) is 10.3 Å². The average molecular weight is 303 g/mol. The molecule has 4 nitrogen and oxygen atoms in total. The van der Waals surface area contributed by atoms with E-state index in [0.29, 0.717) is 5.02 Å². The second-order valence-corrected chi connectivity index (χ2v) is 8.13. The van der Waals surface area contributed by atoms with Gasteiger partial charge in [-0.2, -0.15) is 0 Å². The topological polar surface area (TPSA) is 58.5 Å². The zero-order valence-corrected chi connectivity index (χ0v) is 11.7. The summed E-state index contributed by atoms with van der Waals surface area (Å²) in [6.45, 7) is 0. The van der Waals surface area contributed by atoms with E-state index in [1.165, 1.54) is 11.8 Å². The van der Waals surface area contributed by atoms with Crippen molar-refractivity contribution in [1.29, 1.82) is 0 Å². The summed E-state index contributed by atoms with van der Waals surface area (Å²) in [5, 5.41) is 4.59. The van der Waals surface area contributed by atoms with Crippen LogP contribution in [0.2, 0.25) is 5.02 Å². The fraction of sp³-hybridized carbons (Fsp3) is 0.364. The first-order valence-electron chi connectivity index (χ1n) is 5.50. The fourth-order valence-electron chi connectivity index (χ4n) is 2.09. The summed E-state index contributed by atoms with van der Waals surface area (Å²) < 4.78 is 22.9. The number of hydrogen-bond acceptors (Lipinski definition) is 5. The summed E-state index contributed by atoms with van der Waals surface area (Å²) in [6.07, 6.45) is 0. The van der Waals surface area contributed by atoms with E-state index in [-0.39, 0.29) is 22.8 Å². The van der Waals surface area contributed by atoms with E-state index >= 15 is 0 Å². The lowest BCUT2D eigenvalue weighted by Gasteiger charge is -2.07. The quantitative estimate of drug-likeness (QED) is 0.862. The number of halogens is 1. The van der Waals surface area contributed by atoms with Gasteiger partial charge in [-0.3, -0.25) is 4.99 Å². The number of hydrogen-bond donors (Lipinski definition) is 1. The smallest absolute Gasteiger partial charge is 0.161 e. The minimum atomic E-state index is -2.89. The summed E-state index contributed by atoms with van der Waals surface area (Å²) >= 11 is 7.53. The number of fused-ring (bicyclic) bond motifs is 1. The summed E-state index contributed by atoms with van der Waals surface area (Å²) in [7, 11) is -2.89. The highest BCUT2D eigenvalue weighted by Crippen LogP contribution is 2.35. The SMILES string of the molecule is O=S1(=O)C[C@H]2N=C(Nc3ccccc3Cl)S[C@@H]2C1. The van der Waals surface area contributed by atoms with E-state index in [0.717, 1.165) is 10.9 Å². The summed E-state index contributed by atoms with van der Waals surface area (Å²) in [5.41, 5.74) is 0.799. The molecule has 1 saturated heterocycles. The van der Waals surface area contributed by atoms with Crippen molar-refractivity contribution in [3.05, 3.63) is 29.3 Å². The normalized spacial score (nSPS) is 28.8. The van der Waals surface area contributed by atoms with Gasteiger partial charge in [0.25, 0.3) is 0 Å². The Hall–Kier alpha value is -0.720. The number of sulfone groups is 1. The third-order valence-corrected chi connectivity index (χ3v) is 6.40. The lowest BCUT2D eigenvalue weighted by molar-refractivity contribution is 0.601. The summed E-state index contributed by atoms with van der Waals surface area (Å²) in [6, 6.07) is 7.31. The van der Waals surface area contributed by atoms with E-state index in [1.807, 2.05) is 18.2 Å². The van der Waals surface area contributed by atoms with Crippen molar-refractivity contribution in [1.82, 2.24) is 0 Å². The Bertz CT molecular complexity index is 615. The van der Waals surface area contributed by atoms with Crippen LogP contribution in [-0.4, -0.2) is 36.4 Å². The predicted octanol–water partition coefficient (Wildman–Crippen LogP) is 2.02. The standard InChI is InChI=1S/C11H11ClN2O2S2/c12-7-3-1-2-4-8(7)13-11-14-9-5-18(15,16)6-10(9)17-11/h1-4,9-10H,5-6H2,(H,13,14)/t9-,10-/m1/s1. The second-order valence-electron chi connectivity index (χ2n) is 4.34. The number of aliphatic imine (C=N–C) groups is 1. The summed E-state index contributed by atoms with van der Waals surface area (Å²) in [5.74, 6) is 0.387. The van der Waals surface area contributed by atoms with Gasteiger partial charge in [0, 0.05) is 5.25 Å². The molecule has 2 heterocycles. The molecule has 0 radical (unpaired) electrons. The van der Waals surface area contributed by atoms with Gasteiger partial charge >= 0.3 is 0 Å². The Balaban J connectivity index is 1.76. The Morgan fingerprint density at radius 3 is 2.83 bits per heavy atom. The van der Waals surface area contributed by atoms with Gasteiger partial charge in [-0.05, 0) is 12.1 Å². The highest BCUT2D eigenvalue weighted by atomic mass is 35.5. The molecule has 2 aliphatic heterocycles. The number of nitrogens with one attached hydrogen (secondary N) is 1. The largest absolute Gasteiger partial charge is 0.334 e. The number of thioether (sulfide) groups is 1. The zero-order chi connectivity index (χ0) is 12.8. The van der Waals surface area contributed by atoms with Gasteiger partial charge in [0.1, 0.15) is 0 Å². The summed E-state index contributed by atoms with van der Waals surface area (Å²) in [4.78, 5) is 4.41. The van der Waals surface area contributed by atoms with Gasteiger partial charge < -0.3 is 5.32 Å². The van der Waals surface area contributed by atoms with Crippen LogP contribution in [0.3, 0.4) is 0 Å². The van der Waals surface area contributed by atoms with Crippen LogP contribution in [0.25, 0.3) is 0 Å². The molecule has 2 aliphatic rings. The van der Waals surface area contributed by atoms with Crippen molar-refractivity contribution in [3.63, 3.8) is 0 Å². The molecule has 0 saturated carbocycles. The van der Waals surface area contributed by atoms with Gasteiger partial charge in [-0.1, -0.05) is 35.5 Å². The number of amidine groups is 1. The van der Waals surface area contributed by atoms with Gasteiger partial charge in [0.2, 0.25) is 0 Å². The van der Waals surface area contributed by atoms with Gasteiger partial charge in [-0.15, -0.1) is 0 Å². The monoisotopic (exact) mass is 302 g/mol. The molecular formula is C11H11ClN2O2S2. The molecule has 0 bridgehead atoms. The number of anilines is 1. The minimum absolute atomic E-state index is 0.0555. The lowest BCUT2D eigenvalue weighted by Crippen LogP contribution is -2.13. The van der Waals surface area contributed by atoms with Gasteiger partial charge in [0.15, 0.2) is 15.0 Å². The first-order valence-corrected chi connectivity index (χ1v) is 8.58. The molecule has 0 aromatic heterocycles. The first kappa shape index (κ1) is 12.3. The molecule has 0 aliphatic carbocycles. The van der Waals surface area contributed by atoms with E-state index < -0.39 is 9.84 Å². The molecule has 3 rings (SSSR count). The first-order chi connectivity index (χ1) is 8.53. The van der Waals surface area contributed by atoms with E-state index in [4.69, 9.17) is 11.6 Å². The molecule has 2 atom stereocenters. The van der Waals surface area contributed by atoms with Crippen LogP contribution in [0.5, 0.6) is 0 Å². The molecule has 1 fully saturated rings.